The van der Waals surface area contributed by atoms with Crippen LogP contribution in [0.25, 0.3) is 11.3 Å². The number of benzene rings is 1. The van der Waals surface area contributed by atoms with Gasteiger partial charge in [0.1, 0.15) is 23.8 Å². The fourth-order valence-corrected chi connectivity index (χ4v) is 4.26. The van der Waals surface area contributed by atoms with Crippen LogP contribution in [0.1, 0.15) is 19.6 Å². The molecule has 0 N–H and O–H groups in total. The van der Waals surface area contributed by atoms with E-state index in [1.165, 1.54) is 0 Å². The highest BCUT2D eigenvalue weighted by atomic mass is 16.5. The molecule has 10 nitrogen and oxygen atoms in total. The predicted octanol–water partition coefficient (Wildman–Crippen LogP) is 3.09. The molecule has 10 heteroatoms. The Hall–Kier alpha value is -4.08. The topological polar surface area (TPSA) is 101 Å². The summed E-state index contributed by atoms with van der Waals surface area (Å²) in [6.07, 6.45) is 1.57. The molecule has 4 rings (SSSR count). The van der Waals surface area contributed by atoms with Gasteiger partial charge in [0.2, 0.25) is 11.8 Å². The summed E-state index contributed by atoms with van der Waals surface area (Å²) < 4.78 is 16.1. The number of nitrogens with zero attached hydrogens (tertiary/aromatic N) is 5. The van der Waals surface area contributed by atoms with Gasteiger partial charge in [-0.2, -0.15) is 0 Å². The van der Waals surface area contributed by atoms with E-state index < -0.39 is 0 Å². The number of methoxy groups -OCH3 is 2. The second-order valence-electron chi connectivity index (χ2n) is 9.14. The molecule has 1 aromatic carbocycles. The average molecular weight is 508 g/mol. The summed E-state index contributed by atoms with van der Waals surface area (Å²) in [7, 11) is 3.22. The van der Waals surface area contributed by atoms with E-state index in [0.29, 0.717) is 49.1 Å². The van der Waals surface area contributed by atoms with Crippen molar-refractivity contribution in [3.63, 3.8) is 0 Å². The first kappa shape index (κ1) is 26.0. The Kier molecular flexibility index (Phi) is 8.27. The van der Waals surface area contributed by atoms with Crippen LogP contribution in [0.3, 0.4) is 0 Å². The highest BCUT2D eigenvalue weighted by Crippen LogP contribution is 2.32. The van der Waals surface area contributed by atoms with Crippen molar-refractivity contribution in [1.82, 2.24) is 20.0 Å². The largest absolute Gasteiger partial charge is 0.497 e. The minimum absolute atomic E-state index is 0.0237. The number of carbonyl (C=O) groups excluding carboxylic acids is 2. The summed E-state index contributed by atoms with van der Waals surface area (Å²) in [5.41, 5.74) is 1.52. The zero-order valence-corrected chi connectivity index (χ0v) is 21.7. The Labute approximate surface area is 216 Å². The van der Waals surface area contributed by atoms with Gasteiger partial charge in [-0.15, -0.1) is 10.2 Å². The summed E-state index contributed by atoms with van der Waals surface area (Å²) in [4.78, 5) is 31.2. The number of amides is 2. The first-order valence-corrected chi connectivity index (χ1v) is 12.3. The Morgan fingerprint density at radius 2 is 1.81 bits per heavy atom. The molecule has 0 spiro atoms. The van der Waals surface area contributed by atoms with Crippen LogP contribution in [0, 0.1) is 5.92 Å². The van der Waals surface area contributed by atoms with Gasteiger partial charge in [-0.3, -0.25) is 9.59 Å². The zero-order valence-electron chi connectivity index (χ0n) is 21.7. The van der Waals surface area contributed by atoms with Crippen molar-refractivity contribution in [3.8, 4) is 22.8 Å². The maximum atomic E-state index is 13.0. The number of anilines is 1. The molecule has 0 radical (unpaired) electrons. The van der Waals surface area contributed by atoms with E-state index >= 15 is 0 Å². The number of rotatable bonds is 9. The maximum absolute atomic E-state index is 13.0. The highest BCUT2D eigenvalue weighted by molar-refractivity contribution is 5.85. The van der Waals surface area contributed by atoms with Crippen molar-refractivity contribution in [2.24, 2.45) is 5.92 Å². The molecule has 2 aromatic heterocycles. The van der Waals surface area contributed by atoms with Crippen molar-refractivity contribution >= 4 is 17.6 Å². The molecule has 37 heavy (non-hydrogen) atoms. The predicted molar refractivity (Wildman–Crippen MR) is 138 cm³/mol. The van der Waals surface area contributed by atoms with Crippen molar-refractivity contribution in [1.29, 1.82) is 0 Å². The summed E-state index contributed by atoms with van der Waals surface area (Å²) in [5.74, 6) is 2.40. The molecule has 2 amide bonds. The van der Waals surface area contributed by atoms with Crippen molar-refractivity contribution in [2.45, 2.75) is 20.4 Å². The lowest BCUT2D eigenvalue weighted by molar-refractivity contribution is -0.143. The number of hydrogen-bond acceptors (Lipinski definition) is 8. The van der Waals surface area contributed by atoms with Crippen molar-refractivity contribution in [3.05, 3.63) is 54.5 Å². The SMILES string of the molecule is COc1ccc(-c2ccc(N3CCN(C(=O)CN(Cc4ccco4)C(=O)C(C)C)CC3)nn2)c(OC)c1. The van der Waals surface area contributed by atoms with Crippen LogP contribution in [0.15, 0.2) is 53.1 Å². The van der Waals surface area contributed by atoms with E-state index in [0.717, 1.165) is 11.4 Å². The van der Waals surface area contributed by atoms with Crippen molar-refractivity contribution < 1.29 is 23.5 Å². The number of piperazine rings is 1. The van der Waals surface area contributed by atoms with Crippen LogP contribution in [0.5, 0.6) is 11.5 Å². The van der Waals surface area contributed by atoms with E-state index in [1.807, 2.05) is 44.2 Å². The standard InChI is InChI=1S/C27H33N5O5/c1-19(2)27(34)32(17-21-6-5-15-37-21)18-26(33)31-13-11-30(12-14-31)25-10-9-23(28-29-25)22-8-7-20(35-3)16-24(22)36-4/h5-10,15-16,19H,11-14,17-18H2,1-4H3. The van der Waals surface area contributed by atoms with E-state index in [4.69, 9.17) is 13.9 Å². The maximum Gasteiger partial charge on any atom is 0.242 e. The monoisotopic (exact) mass is 507 g/mol. The van der Waals surface area contributed by atoms with Gasteiger partial charge in [0.15, 0.2) is 5.82 Å². The van der Waals surface area contributed by atoms with Gasteiger partial charge < -0.3 is 28.6 Å². The third-order valence-corrected chi connectivity index (χ3v) is 6.35. The van der Waals surface area contributed by atoms with Crippen molar-refractivity contribution in [2.75, 3.05) is 51.8 Å². The Balaban J connectivity index is 1.36. The fourth-order valence-electron chi connectivity index (χ4n) is 4.26. The summed E-state index contributed by atoms with van der Waals surface area (Å²) in [6.45, 7) is 6.30. The molecule has 0 atom stereocenters. The summed E-state index contributed by atoms with van der Waals surface area (Å²) in [6, 6.07) is 13.0. The quantitative estimate of drug-likeness (QED) is 0.436. The molecule has 1 saturated heterocycles. The first-order chi connectivity index (χ1) is 17.9. The van der Waals surface area contributed by atoms with Crippen LogP contribution in [0.2, 0.25) is 0 Å². The number of hydrogen-bond donors (Lipinski definition) is 0. The van der Waals surface area contributed by atoms with Crippen LogP contribution < -0.4 is 14.4 Å². The minimum atomic E-state index is -0.209. The minimum Gasteiger partial charge on any atom is -0.497 e. The molecule has 0 bridgehead atoms. The lowest BCUT2D eigenvalue weighted by Gasteiger charge is -2.36. The second kappa shape index (κ2) is 11.8. The molecule has 3 aromatic rings. The second-order valence-corrected chi connectivity index (χ2v) is 9.14. The fraction of sp³-hybridized carbons (Fsp3) is 0.407. The van der Waals surface area contributed by atoms with E-state index in [1.54, 1.807) is 42.4 Å². The number of carbonyl (C=O) groups is 2. The molecular formula is C27H33N5O5. The van der Waals surface area contributed by atoms with Crippen LogP contribution in [-0.2, 0) is 16.1 Å². The highest BCUT2D eigenvalue weighted by Gasteiger charge is 2.27. The van der Waals surface area contributed by atoms with Gasteiger partial charge in [0.25, 0.3) is 0 Å². The molecule has 1 aliphatic heterocycles. The molecule has 0 unspecified atom stereocenters. The first-order valence-electron chi connectivity index (χ1n) is 12.3. The lowest BCUT2D eigenvalue weighted by Crippen LogP contribution is -2.52. The third-order valence-electron chi connectivity index (χ3n) is 6.35. The Morgan fingerprint density at radius 3 is 2.41 bits per heavy atom. The average Bonchev–Trinajstić information content (AvgIpc) is 3.45. The zero-order chi connectivity index (χ0) is 26.4. The number of furan rings is 1. The van der Waals surface area contributed by atoms with E-state index in [2.05, 4.69) is 15.1 Å². The number of ether oxygens (including phenoxy) is 2. The summed E-state index contributed by atoms with van der Waals surface area (Å²) in [5, 5.41) is 8.83. The normalized spacial score (nSPS) is 13.5. The summed E-state index contributed by atoms with van der Waals surface area (Å²) >= 11 is 0. The molecular weight excluding hydrogens is 474 g/mol. The van der Waals surface area contributed by atoms with Gasteiger partial charge >= 0.3 is 0 Å². The van der Waals surface area contributed by atoms with Gasteiger partial charge in [0.05, 0.1) is 32.7 Å². The van der Waals surface area contributed by atoms with Crippen LogP contribution in [0.4, 0.5) is 5.82 Å². The third kappa shape index (κ3) is 6.19. The van der Waals surface area contributed by atoms with Gasteiger partial charge in [-0.1, -0.05) is 13.8 Å². The molecule has 196 valence electrons. The molecule has 0 saturated carbocycles. The Bertz CT molecular complexity index is 1190. The van der Waals surface area contributed by atoms with E-state index in [-0.39, 0.29) is 30.8 Å². The van der Waals surface area contributed by atoms with E-state index in [9.17, 15) is 9.59 Å². The lowest BCUT2D eigenvalue weighted by atomic mass is 10.1. The number of aromatic nitrogens is 2. The van der Waals surface area contributed by atoms with Gasteiger partial charge in [0, 0.05) is 43.7 Å². The molecule has 3 heterocycles. The molecule has 0 aliphatic carbocycles. The Morgan fingerprint density at radius 1 is 1.03 bits per heavy atom. The smallest absolute Gasteiger partial charge is 0.242 e. The van der Waals surface area contributed by atoms with Crippen LogP contribution in [-0.4, -0.2) is 78.8 Å². The molecule has 1 fully saturated rings. The molecule has 1 aliphatic rings. The van der Waals surface area contributed by atoms with Crippen LogP contribution >= 0.6 is 0 Å². The van der Waals surface area contributed by atoms with Gasteiger partial charge in [-0.25, -0.2) is 0 Å². The van der Waals surface area contributed by atoms with Gasteiger partial charge in [-0.05, 0) is 36.4 Å².